The molecule has 1 amide bonds. The van der Waals surface area contributed by atoms with E-state index in [1.165, 1.54) is 0 Å². The molecule has 25 heavy (non-hydrogen) atoms. The first kappa shape index (κ1) is 20.6. The first-order valence-corrected chi connectivity index (χ1v) is 9.40. The van der Waals surface area contributed by atoms with Crippen molar-refractivity contribution < 1.29 is 27.7 Å². The Morgan fingerprint density at radius 3 is 2.52 bits per heavy atom. The van der Waals surface area contributed by atoms with Crippen molar-refractivity contribution in [3.8, 4) is 0 Å². The van der Waals surface area contributed by atoms with Gasteiger partial charge in [0.15, 0.2) is 16.4 Å². The quantitative estimate of drug-likeness (QED) is 0.415. The number of nitro benzene ring substituents is 1. The van der Waals surface area contributed by atoms with Crippen LogP contribution in [-0.4, -0.2) is 44.1 Å². The standard InChI is InChI=1S/C15H20N2O7S/c1-4-5-10(2)16-14(18)9-24-15(19)11-6-7-13(25(3,22)23)12(8-11)17(20)21/h6-8,10H,4-5,9H2,1-3H3,(H,16,18). The second-order valence-electron chi connectivity index (χ2n) is 5.55. The number of ether oxygens (including phenoxy) is 1. The van der Waals surface area contributed by atoms with E-state index in [9.17, 15) is 28.1 Å². The van der Waals surface area contributed by atoms with Gasteiger partial charge in [0.05, 0.1) is 10.5 Å². The van der Waals surface area contributed by atoms with Crippen LogP contribution in [0.15, 0.2) is 23.1 Å². The summed E-state index contributed by atoms with van der Waals surface area (Å²) < 4.78 is 27.9. The molecule has 0 aliphatic heterocycles. The Morgan fingerprint density at radius 1 is 1.36 bits per heavy atom. The molecule has 138 valence electrons. The van der Waals surface area contributed by atoms with Crippen molar-refractivity contribution in [3.63, 3.8) is 0 Å². The topological polar surface area (TPSA) is 133 Å². The molecule has 1 unspecified atom stereocenters. The zero-order valence-corrected chi connectivity index (χ0v) is 15.0. The highest BCUT2D eigenvalue weighted by Gasteiger charge is 2.24. The number of carbonyl (C=O) groups excluding carboxylic acids is 2. The minimum atomic E-state index is -3.82. The SMILES string of the molecule is CCCC(C)NC(=O)COC(=O)c1ccc(S(C)(=O)=O)c([N+](=O)[O-])c1. The highest BCUT2D eigenvalue weighted by molar-refractivity contribution is 7.90. The Labute approximate surface area is 145 Å². The van der Waals surface area contributed by atoms with Crippen molar-refractivity contribution >= 4 is 27.4 Å². The molecule has 1 rings (SSSR count). The minimum absolute atomic E-state index is 0.0636. The Kier molecular flexibility index (Phi) is 7.04. The van der Waals surface area contributed by atoms with Gasteiger partial charge in [0.1, 0.15) is 4.90 Å². The van der Waals surface area contributed by atoms with E-state index in [0.717, 1.165) is 37.3 Å². The molecule has 0 radical (unpaired) electrons. The Balaban J connectivity index is 2.84. The van der Waals surface area contributed by atoms with E-state index in [4.69, 9.17) is 4.74 Å². The van der Waals surface area contributed by atoms with Gasteiger partial charge in [0.2, 0.25) is 0 Å². The predicted octanol–water partition coefficient (Wildman–Crippen LogP) is 1.46. The monoisotopic (exact) mass is 372 g/mol. The molecule has 1 aromatic carbocycles. The van der Waals surface area contributed by atoms with Crippen molar-refractivity contribution in [3.05, 3.63) is 33.9 Å². The number of benzene rings is 1. The summed E-state index contributed by atoms with van der Waals surface area (Å²) in [6.45, 7) is 3.25. The molecule has 0 saturated heterocycles. The number of sulfone groups is 1. The number of rotatable bonds is 8. The lowest BCUT2D eigenvalue weighted by Crippen LogP contribution is -2.35. The molecular formula is C15H20N2O7S. The Bertz CT molecular complexity index is 774. The maximum absolute atomic E-state index is 11.9. The van der Waals surface area contributed by atoms with Crippen LogP contribution < -0.4 is 5.32 Å². The molecule has 0 heterocycles. The van der Waals surface area contributed by atoms with E-state index in [-0.39, 0.29) is 11.6 Å². The summed E-state index contributed by atoms with van der Waals surface area (Å²) in [5.41, 5.74) is -0.938. The van der Waals surface area contributed by atoms with E-state index in [2.05, 4.69) is 5.32 Å². The van der Waals surface area contributed by atoms with Gasteiger partial charge in [-0.3, -0.25) is 14.9 Å². The van der Waals surface area contributed by atoms with E-state index >= 15 is 0 Å². The van der Waals surface area contributed by atoms with Gasteiger partial charge < -0.3 is 10.1 Å². The average molecular weight is 372 g/mol. The number of nitro groups is 1. The summed E-state index contributed by atoms with van der Waals surface area (Å²) in [5.74, 6) is -1.45. The van der Waals surface area contributed by atoms with Gasteiger partial charge in [-0.1, -0.05) is 13.3 Å². The van der Waals surface area contributed by atoms with Crippen LogP contribution in [0.1, 0.15) is 37.0 Å². The van der Waals surface area contributed by atoms with Crippen molar-refractivity contribution in [2.45, 2.75) is 37.6 Å². The Hall–Kier alpha value is -2.49. The number of nitrogens with one attached hydrogen (secondary N) is 1. The van der Waals surface area contributed by atoms with E-state index in [1.807, 2.05) is 13.8 Å². The second kappa shape index (κ2) is 8.56. The van der Waals surface area contributed by atoms with Crippen LogP contribution in [0.2, 0.25) is 0 Å². The zero-order valence-electron chi connectivity index (χ0n) is 14.1. The molecule has 0 saturated carbocycles. The Morgan fingerprint density at radius 2 is 2.00 bits per heavy atom. The fourth-order valence-electron chi connectivity index (χ4n) is 2.14. The van der Waals surface area contributed by atoms with Crippen molar-refractivity contribution in [1.82, 2.24) is 5.32 Å². The van der Waals surface area contributed by atoms with Gasteiger partial charge in [-0.2, -0.15) is 0 Å². The lowest BCUT2D eigenvalue weighted by Gasteiger charge is -2.12. The molecule has 10 heteroatoms. The lowest BCUT2D eigenvalue weighted by molar-refractivity contribution is -0.387. The zero-order chi connectivity index (χ0) is 19.2. The van der Waals surface area contributed by atoms with Gasteiger partial charge in [-0.05, 0) is 25.5 Å². The van der Waals surface area contributed by atoms with Crippen molar-refractivity contribution in [1.29, 1.82) is 0 Å². The molecule has 0 spiro atoms. The van der Waals surface area contributed by atoms with Crippen molar-refractivity contribution in [2.24, 2.45) is 0 Å². The molecule has 0 aromatic heterocycles. The molecule has 9 nitrogen and oxygen atoms in total. The molecule has 1 N–H and O–H groups in total. The maximum Gasteiger partial charge on any atom is 0.338 e. The van der Waals surface area contributed by atoms with Gasteiger partial charge in [-0.15, -0.1) is 0 Å². The number of nitrogens with zero attached hydrogens (tertiary/aromatic N) is 1. The highest BCUT2D eigenvalue weighted by atomic mass is 32.2. The van der Waals surface area contributed by atoms with Gasteiger partial charge in [0.25, 0.3) is 11.6 Å². The van der Waals surface area contributed by atoms with Crippen LogP contribution in [-0.2, 0) is 19.4 Å². The van der Waals surface area contributed by atoms with E-state index in [0.29, 0.717) is 0 Å². The number of esters is 1. The smallest absolute Gasteiger partial charge is 0.338 e. The summed E-state index contributed by atoms with van der Waals surface area (Å²) in [6.07, 6.45) is 2.49. The largest absolute Gasteiger partial charge is 0.452 e. The fourth-order valence-corrected chi connectivity index (χ4v) is 2.97. The third kappa shape index (κ3) is 6.14. The van der Waals surface area contributed by atoms with Gasteiger partial charge >= 0.3 is 5.97 Å². The summed E-state index contributed by atoms with van der Waals surface area (Å²) in [6, 6.07) is 2.82. The molecule has 0 aliphatic rings. The first-order valence-electron chi connectivity index (χ1n) is 7.51. The fraction of sp³-hybridized carbons (Fsp3) is 0.467. The molecule has 0 bridgehead atoms. The molecule has 0 fully saturated rings. The number of carbonyl (C=O) groups is 2. The average Bonchev–Trinajstić information content (AvgIpc) is 2.51. The van der Waals surface area contributed by atoms with Crippen LogP contribution in [0.5, 0.6) is 0 Å². The first-order chi connectivity index (χ1) is 11.6. The third-order valence-corrected chi connectivity index (χ3v) is 4.40. The van der Waals surface area contributed by atoms with E-state index < -0.39 is 43.8 Å². The minimum Gasteiger partial charge on any atom is -0.452 e. The van der Waals surface area contributed by atoms with Crippen LogP contribution in [0.3, 0.4) is 0 Å². The van der Waals surface area contributed by atoms with Crippen LogP contribution in [0.4, 0.5) is 5.69 Å². The third-order valence-electron chi connectivity index (χ3n) is 3.25. The molecule has 1 atom stereocenters. The predicted molar refractivity (Wildman–Crippen MR) is 89.0 cm³/mol. The van der Waals surface area contributed by atoms with Crippen LogP contribution >= 0.6 is 0 Å². The lowest BCUT2D eigenvalue weighted by atomic mass is 10.2. The van der Waals surface area contributed by atoms with Crippen molar-refractivity contribution in [2.75, 3.05) is 12.9 Å². The normalized spacial score (nSPS) is 12.3. The van der Waals surface area contributed by atoms with Crippen LogP contribution in [0, 0.1) is 10.1 Å². The molecule has 1 aromatic rings. The summed E-state index contributed by atoms with van der Waals surface area (Å²) in [7, 11) is -3.82. The van der Waals surface area contributed by atoms with E-state index in [1.54, 1.807) is 0 Å². The molecular weight excluding hydrogens is 352 g/mol. The maximum atomic E-state index is 11.9. The number of hydrogen-bond donors (Lipinski definition) is 1. The molecule has 0 aliphatic carbocycles. The number of hydrogen-bond acceptors (Lipinski definition) is 7. The summed E-state index contributed by atoms with van der Waals surface area (Å²) in [4.78, 5) is 33.2. The van der Waals surface area contributed by atoms with Gasteiger partial charge in [-0.25, -0.2) is 13.2 Å². The number of amides is 1. The summed E-state index contributed by atoms with van der Waals surface area (Å²) in [5, 5.41) is 13.7. The highest BCUT2D eigenvalue weighted by Crippen LogP contribution is 2.25. The van der Waals surface area contributed by atoms with Crippen LogP contribution in [0.25, 0.3) is 0 Å². The summed E-state index contributed by atoms with van der Waals surface area (Å²) >= 11 is 0. The second-order valence-corrected chi connectivity index (χ2v) is 7.53. The van der Waals surface area contributed by atoms with Gasteiger partial charge in [0, 0.05) is 18.4 Å².